The fraction of sp³-hybridized carbons (Fsp3) is 0.421. The highest BCUT2D eigenvalue weighted by atomic mass is 35.5. The van der Waals surface area contributed by atoms with Gasteiger partial charge in [0.05, 0.1) is 35.7 Å². The zero-order chi connectivity index (χ0) is 20.4. The number of primary amides is 1. The second-order valence-electron chi connectivity index (χ2n) is 6.79. The number of halogens is 2. The van der Waals surface area contributed by atoms with E-state index in [1.54, 1.807) is 18.1 Å². The summed E-state index contributed by atoms with van der Waals surface area (Å²) in [7, 11) is 1.56. The lowest BCUT2D eigenvalue weighted by molar-refractivity contribution is -0.124. The van der Waals surface area contributed by atoms with Crippen molar-refractivity contribution in [2.45, 2.75) is 19.8 Å². The molecule has 2 atom stereocenters. The molecular formula is C19H21ClFN3O3S. The molecule has 2 amide bonds. The lowest BCUT2D eigenvalue weighted by Crippen LogP contribution is -2.36. The van der Waals surface area contributed by atoms with Crippen LogP contribution in [0.5, 0.6) is 0 Å². The molecule has 0 saturated heterocycles. The van der Waals surface area contributed by atoms with Crippen LogP contribution in [0.3, 0.4) is 0 Å². The standard InChI is InChI=1S/C19H21ClFN3O3S/c1-10-19(24(3-4-27-2)18(26)15-9-14(15)17(22)25)28-16(23-10)7-11-5-12(20)8-13(21)6-11/h5-6,8,14-15H,3-4,7,9H2,1-2H3,(H2,22,25). The van der Waals surface area contributed by atoms with Crippen LogP contribution in [0.1, 0.15) is 22.7 Å². The van der Waals surface area contributed by atoms with Gasteiger partial charge in [-0.05, 0) is 37.1 Å². The second kappa shape index (κ2) is 8.55. The predicted octanol–water partition coefficient (Wildman–Crippen LogP) is 2.94. The number of carbonyl (C=O) groups is 2. The summed E-state index contributed by atoms with van der Waals surface area (Å²) in [6.07, 6.45) is 0.882. The van der Waals surface area contributed by atoms with Crippen LogP contribution in [0.2, 0.25) is 5.02 Å². The molecule has 1 aliphatic rings. The summed E-state index contributed by atoms with van der Waals surface area (Å²) < 4.78 is 18.7. The van der Waals surface area contributed by atoms with E-state index >= 15 is 0 Å². The van der Waals surface area contributed by atoms with E-state index in [1.165, 1.54) is 23.5 Å². The number of nitrogens with two attached hydrogens (primary N) is 1. The van der Waals surface area contributed by atoms with E-state index in [2.05, 4.69) is 4.98 Å². The van der Waals surface area contributed by atoms with Crippen LogP contribution in [0.4, 0.5) is 9.39 Å². The molecule has 6 nitrogen and oxygen atoms in total. The Morgan fingerprint density at radius 2 is 2.14 bits per heavy atom. The molecule has 1 aromatic carbocycles. The maximum atomic E-state index is 13.6. The average molecular weight is 426 g/mol. The van der Waals surface area contributed by atoms with Crippen molar-refractivity contribution in [1.29, 1.82) is 0 Å². The summed E-state index contributed by atoms with van der Waals surface area (Å²) in [4.78, 5) is 30.4. The van der Waals surface area contributed by atoms with E-state index in [0.29, 0.717) is 47.3 Å². The number of benzene rings is 1. The van der Waals surface area contributed by atoms with Gasteiger partial charge >= 0.3 is 0 Å². The minimum Gasteiger partial charge on any atom is -0.383 e. The molecular weight excluding hydrogens is 405 g/mol. The predicted molar refractivity (Wildman–Crippen MR) is 106 cm³/mol. The minimum atomic E-state index is -0.449. The van der Waals surface area contributed by atoms with Gasteiger partial charge < -0.3 is 10.5 Å². The highest BCUT2D eigenvalue weighted by molar-refractivity contribution is 7.16. The first-order valence-electron chi connectivity index (χ1n) is 8.81. The number of anilines is 1. The highest BCUT2D eigenvalue weighted by Crippen LogP contribution is 2.42. The number of aromatic nitrogens is 1. The molecule has 150 valence electrons. The van der Waals surface area contributed by atoms with Gasteiger partial charge in [-0.1, -0.05) is 11.6 Å². The van der Waals surface area contributed by atoms with Crippen LogP contribution in [0.25, 0.3) is 0 Å². The molecule has 0 aliphatic heterocycles. The third-order valence-electron chi connectivity index (χ3n) is 4.60. The third-order valence-corrected chi connectivity index (χ3v) is 6.00. The van der Waals surface area contributed by atoms with Gasteiger partial charge in [0.15, 0.2) is 0 Å². The molecule has 1 fully saturated rings. The minimum absolute atomic E-state index is 0.145. The zero-order valence-corrected chi connectivity index (χ0v) is 17.1. The monoisotopic (exact) mass is 425 g/mol. The van der Waals surface area contributed by atoms with Crippen molar-refractivity contribution in [2.24, 2.45) is 17.6 Å². The number of carbonyl (C=O) groups excluding carboxylic acids is 2. The van der Waals surface area contributed by atoms with Gasteiger partial charge in [0.2, 0.25) is 11.8 Å². The molecule has 1 aromatic heterocycles. The number of ether oxygens (including phenoxy) is 1. The van der Waals surface area contributed by atoms with E-state index in [1.807, 2.05) is 6.92 Å². The normalized spacial score (nSPS) is 18.1. The Morgan fingerprint density at radius 3 is 2.75 bits per heavy atom. The Labute approximate surface area is 171 Å². The van der Waals surface area contributed by atoms with E-state index in [-0.39, 0.29) is 11.8 Å². The first-order chi connectivity index (χ1) is 13.3. The Bertz CT molecular complexity index is 884. The quantitative estimate of drug-likeness (QED) is 0.704. The van der Waals surface area contributed by atoms with Crippen LogP contribution in [-0.4, -0.2) is 37.1 Å². The van der Waals surface area contributed by atoms with Crippen LogP contribution in [0, 0.1) is 24.6 Å². The molecule has 2 unspecified atom stereocenters. The van der Waals surface area contributed by atoms with Gasteiger partial charge in [0, 0.05) is 18.6 Å². The Hall–Kier alpha value is -2.03. The summed E-state index contributed by atoms with van der Waals surface area (Å²) in [5, 5.41) is 1.77. The van der Waals surface area contributed by atoms with Gasteiger partial charge in [-0.3, -0.25) is 14.5 Å². The summed E-state index contributed by atoms with van der Waals surface area (Å²) in [5.41, 5.74) is 6.73. The molecule has 0 spiro atoms. The van der Waals surface area contributed by atoms with E-state index in [0.717, 1.165) is 5.01 Å². The van der Waals surface area contributed by atoms with Crippen LogP contribution in [-0.2, 0) is 20.7 Å². The molecule has 2 N–H and O–H groups in total. The van der Waals surface area contributed by atoms with Crippen molar-refractivity contribution in [3.63, 3.8) is 0 Å². The van der Waals surface area contributed by atoms with Crippen LogP contribution in [0.15, 0.2) is 18.2 Å². The van der Waals surface area contributed by atoms with Crippen molar-refractivity contribution in [3.8, 4) is 0 Å². The van der Waals surface area contributed by atoms with E-state index in [4.69, 9.17) is 22.1 Å². The van der Waals surface area contributed by atoms with Crippen molar-refractivity contribution in [2.75, 3.05) is 25.2 Å². The lowest BCUT2D eigenvalue weighted by atomic mass is 10.1. The number of aryl methyl sites for hydroxylation is 1. The van der Waals surface area contributed by atoms with E-state index < -0.39 is 17.6 Å². The average Bonchev–Trinajstić information content (AvgIpc) is 3.33. The molecule has 0 bridgehead atoms. The van der Waals surface area contributed by atoms with Gasteiger partial charge in [-0.25, -0.2) is 9.37 Å². The Morgan fingerprint density at radius 1 is 1.39 bits per heavy atom. The number of thiazole rings is 1. The van der Waals surface area contributed by atoms with Gasteiger partial charge in [-0.2, -0.15) is 0 Å². The highest BCUT2D eigenvalue weighted by Gasteiger charge is 2.49. The second-order valence-corrected chi connectivity index (χ2v) is 8.28. The third kappa shape index (κ3) is 4.68. The lowest BCUT2D eigenvalue weighted by Gasteiger charge is -2.21. The fourth-order valence-electron chi connectivity index (χ4n) is 3.13. The number of nitrogens with zero attached hydrogens (tertiary/aromatic N) is 2. The fourth-order valence-corrected chi connectivity index (χ4v) is 4.51. The maximum absolute atomic E-state index is 13.6. The topological polar surface area (TPSA) is 85.5 Å². The number of methoxy groups -OCH3 is 1. The number of hydrogen-bond acceptors (Lipinski definition) is 5. The van der Waals surface area contributed by atoms with Gasteiger partial charge in [0.1, 0.15) is 10.8 Å². The summed E-state index contributed by atoms with van der Waals surface area (Å²) >= 11 is 7.29. The SMILES string of the molecule is COCCN(C(=O)C1CC1C(N)=O)c1sc(Cc2cc(F)cc(Cl)c2)nc1C. The Balaban J connectivity index is 1.82. The maximum Gasteiger partial charge on any atom is 0.231 e. The first-order valence-corrected chi connectivity index (χ1v) is 10.0. The van der Waals surface area contributed by atoms with Crippen molar-refractivity contribution in [3.05, 3.63) is 45.3 Å². The number of amides is 2. The van der Waals surface area contributed by atoms with Crippen LogP contribution >= 0.6 is 22.9 Å². The summed E-state index contributed by atoms with van der Waals surface area (Å²) in [5.74, 6) is -1.79. The van der Waals surface area contributed by atoms with Gasteiger partial charge in [0.25, 0.3) is 0 Å². The smallest absolute Gasteiger partial charge is 0.231 e. The number of rotatable bonds is 8. The zero-order valence-electron chi connectivity index (χ0n) is 15.6. The summed E-state index contributed by atoms with van der Waals surface area (Å²) in [6, 6.07) is 4.36. The first kappa shape index (κ1) is 20.7. The molecule has 3 rings (SSSR count). The summed E-state index contributed by atoms with van der Waals surface area (Å²) in [6.45, 7) is 2.52. The van der Waals surface area contributed by atoms with Crippen LogP contribution < -0.4 is 10.6 Å². The van der Waals surface area contributed by atoms with E-state index in [9.17, 15) is 14.0 Å². The van der Waals surface area contributed by atoms with Gasteiger partial charge in [-0.15, -0.1) is 11.3 Å². The van der Waals surface area contributed by atoms with Crippen molar-refractivity contribution in [1.82, 2.24) is 4.98 Å². The molecule has 0 radical (unpaired) electrons. The molecule has 28 heavy (non-hydrogen) atoms. The number of hydrogen-bond donors (Lipinski definition) is 1. The molecule has 2 aromatic rings. The largest absolute Gasteiger partial charge is 0.383 e. The Kier molecular flexibility index (Phi) is 6.32. The van der Waals surface area contributed by atoms with Crippen molar-refractivity contribution >= 4 is 39.8 Å². The molecule has 1 aliphatic carbocycles. The molecule has 9 heteroatoms. The molecule has 1 saturated carbocycles. The molecule has 1 heterocycles. The van der Waals surface area contributed by atoms with Crippen molar-refractivity contribution < 1.29 is 18.7 Å².